The van der Waals surface area contributed by atoms with E-state index >= 15 is 0 Å². The second kappa shape index (κ2) is 4.48. The molecular formula is C16H22OS. The lowest BCUT2D eigenvalue weighted by Crippen LogP contribution is -2.31. The third-order valence-electron chi connectivity index (χ3n) is 5.00. The lowest BCUT2D eigenvalue weighted by molar-refractivity contribution is -0.127. The highest BCUT2D eigenvalue weighted by atomic mass is 32.1. The van der Waals surface area contributed by atoms with Crippen LogP contribution in [-0.2, 0) is 11.2 Å². The molecule has 1 fully saturated rings. The van der Waals surface area contributed by atoms with Crippen molar-refractivity contribution in [2.24, 2.45) is 11.3 Å². The minimum atomic E-state index is 0.211. The summed E-state index contributed by atoms with van der Waals surface area (Å²) in [5.41, 5.74) is 1.59. The van der Waals surface area contributed by atoms with E-state index in [2.05, 4.69) is 25.3 Å². The maximum atomic E-state index is 12.9. The molecule has 2 unspecified atom stereocenters. The van der Waals surface area contributed by atoms with Crippen LogP contribution in [0.25, 0.3) is 0 Å². The molecule has 0 N–H and O–H groups in total. The summed E-state index contributed by atoms with van der Waals surface area (Å²) >= 11 is 1.84. The normalized spacial score (nSPS) is 30.1. The summed E-state index contributed by atoms with van der Waals surface area (Å²) in [6.07, 6.45) is 7.01. The zero-order valence-electron chi connectivity index (χ0n) is 11.4. The molecule has 0 bridgehead atoms. The number of hydrogen-bond donors (Lipinski definition) is 0. The van der Waals surface area contributed by atoms with Gasteiger partial charge in [0.15, 0.2) is 0 Å². The Labute approximate surface area is 114 Å². The zero-order chi connectivity index (χ0) is 12.8. The third-order valence-corrected chi connectivity index (χ3v) is 5.99. The van der Waals surface area contributed by atoms with Gasteiger partial charge in [0, 0.05) is 16.7 Å². The van der Waals surface area contributed by atoms with Crippen LogP contribution in [0.5, 0.6) is 0 Å². The van der Waals surface area contributed by atoms with Crippen molar-refractivity contribution in [3.63, 3.8) is 0 Å². The van der Waals surface area contributed by atoms with Gasteiger partial charge in [-0.25, -0.2) is 0 Å². The Kier molecular flexibility index (Phi) is 3.09. The second-order valence-electron chi connectivity index (χ2n) is 6.58. The highest BCUT2D eigenvalue weighted by molar-refractivity contribution is 7.10. The third kappa shape index (κ3) is 1.95. The summed E-state index contributed by atoms with van der Waals surface area (Å²) in [6, 6.07) is 2.20. The van der Waals surface area contributed by atoms with E-state index in [1.54, 1.807) is 0 Å². The van der Waals surface area contributed by atoms with Crippen LogP contribution < -0.4 is 0 Å². The first kappa shape index (κ1) is 12.4. The lowest BCUT2D eigenvalue weighted by Gasteiger charge is -2.31. The van der Waals surface area contributed by atoms with Crippen molar-refractivity contribution in [3.8, 4) is 0 Å². The molecular weight excluding hydrogens is 240 g/mol. The van der Waals surface area contributed by atoms with E-state index in [9.17, 15) is 4.79 Å². The van der Waals surface area contributed by atoms with Gasteiger partial charge >= 0.3 is 0 Å². The van der Waals surface area contributed by atoms with Gasteiger partial charge in [0.05, 0.1) is 0 Å². The standard InChI is InChI=1S/C16H22OS/c1-16(2)9-4-6-13(16)15(17)12-5-3-7-14-11(12)8-10-18-14/h8,10,12-13H,3-7,9H2,1-2H3. The highest BCUT2D eigenvalue weighted by Gasteiger charge is 2.42. The number of carbonyl (C=O) groups is 1. The second-order valence-corrected chi connectivity index (χ2v) is 7.58. The van der Waals surface area contributed by atoms with E-state index in [-0.39, 0.29) is 11.3 Å². The van der Waals surface area contributed by atoms with Gasteiger partial charge in [-0.3, -0.25) is 4.79 Å². The van der Waals surface area contributed by atoms with Crippen molar-refractivity contribution in [2.45, 2.75) is 58.3 Å². The van der Waals surface area contributed by atoms with E-state index in [1.807, 2.05) is 11.3 Å². The van der Waals surface area contributed by atoms with Crippen molar-refractivity contribution >= 4 is 17.1 Å². The highest BCUT2D eigenvalue weighted by Crippen LogP contribution is 2.47. The fourth-order valence-electron chi connectivity index (χ4n) is 3.88. The molecule has 1 heterocycles. The summed E-state index contributed by atoms with van der Waals surface area (Å²) in [7, 11) is 0. The maximum absolute atomic E-state index is 12.9. The summed E-state index contributed by atoms with van der Waals surface area (Å²) in [4.78, 5) is 14.3. The number of Topliss-reactive ketones (excluding diaryl/α,β-unsaturated/α-hetero) is 1. The predicted molar refractivity (Wildman–Crippen MR) is 76.1 cm³/mol. The van der Waals surface area contributed by atoms with Gasteiger partial charge in [-0.1, -0.05) is 20.3 Å². The first-order chi connectivity index (χ1) is 8.59. The van der Waals surface area contributed by atoms with Crippen LogP contribution in [0.2, 0.25) is 0 Å². The Balaban J connectivity index is 1.87. The van der Waals surface area contributed by atoms with Crippen molar-refractivity contribution < 1.29 is 4.79 Å². The molecule has 98 valence electrons. The molecule has 0 aromatic carbocycles. The molecule has 3 rings (SSSR count). The SMILES string of the molecule is CC1(C)CCCC1C(=O)C1CCCc2sccc21. The quantitative estimate of drug-likeness (QED) is 0.763. The van der Waals surface area contributed by atoms with Gasteiger partial charge in [0.1, 0.15) is 5.78 Å². The fourth-order valence-corrected chi connectivity index (χ4v) is 4.87. The fraction of sp³-hybridized carbons (Fsp3) is 0.688. The monoisotopic (exact) mass is 262 g/mol. The average molecular weight is 262 g/mol. The van der Waals surface area contributed by atoms with E-state index in [0.717, 1.165) is 12.8 Å². The Hall–Kier alpha value is -0.630. The molecule has 2 heteroatoms. The van der Waals surface area contributed by atoms with Crippen molar-refractivity contribution in [2.75, 3.05) is 0 Å². The molecule has 0 radical (unpaired) electrons. The Morgan fingerprint density at radius 2 is 2.17 bits per heavy atom. The molecule has 18 heavy (non-hydrogen) atoms. The molecule has 1 aromatic rings. The predicted octanol–water partition coefficient (Wildman–Crippen LogP) is 4.56. The Bertz CT molecular complexity index is 457. The van der Waals surface area contributed by atoms with Crippen LogP contribution in [0, 0.1) is 11.3 Å². The molecule has 1 nitrogen and oxygen atoms in total. The number of aryl methyl sites for hydroxylation is 1. The summed E-state index contributed by atoms with van der Waals surface area (Å²) in [5.74, 6) is 1.05. The van der Waals surface area contributed by atoms with E-state index in [0.29, 0.717) is 11.7 Å². The summed E-state index contributed by atoms with van der Waals surface area (Å²) < 4.78 is 0. The Morgan fingerprint density at radius 3 is 2.89 bits per heavy atom. The van der Waals surface area contributed by atoms with Crippen LogP contribution >= 0.6 is 11.3 Å². The molecule has 0 spiro atoms. The van der Waals surface area contributed by atoms with Crippen molar-refractivity contribution in [1.82, 2.24) is 0 Å². The number of carbonyl (C=O) groups excluding carboxylic acids is 1. The molecule has 0 aliphatic heterocycles. The number of fused-ring (bicyclic) bond motifs is 1. The van der Waals surface area contributed by atoms with Gasteiger partial charge in [-0.2, -0.15) is 0 Å². The lowest BCUT2D eigenvalue weighted by atomic mass is 9.72. The summed E-state index contributed by atoms with van der Waals surface area (Å²) in [6.45, 7) is 4.56. The number of thiophene rings is 1. The topological polar surface area (TPSA) is 17.1 Å². The van der Waals surface area contributed by atoms with E-state index in [4.69, 9.17) is 0 Å². The smallest absolute Gasteiger partial charge is 0.143 e. The van der Waals surface area contributed by atoms with Crippen LogP contribution in [0.4, 0.5) is 0 Å². The Morgan fingerprint density at radius 1 is 1.33 bits per heavy atom. The van der Waals surface area contributed by atoms with Crippen LogP contribution in [0.3, 0.4) is 0 Å². The average Bonchev–Trinajstić information content (AvgIpc) is 2.93. The molecule has 1 aromatic heterocycles. The van der Waals surface area contributed by atoms with Gasteiger partial charge in [0.2, 0.25) is 0 Å². The zero-order valence-corrected chi connectivity index (χ0v) is 12.2. The molecule has 2 aliphatic rings. The largest absolute Gasteiger partial charge is 0.299 e. The maximum Gasteiger partial charge on any atom is 0.143 e. The van der Waals surface area contributed by atoms with E-state index < -0.39 is 0 Å². The molecule has 2 aliphatic carbocycles. The molecule has 0 amide bonds. The van der Waals surface area contributed by atoms with Gasteiger partial charge in [-0.05, 0) is 54.5 Å². The molecule has 1 saturated carbocycles. The number of rotatable bonds is 2. The van der Waals surface area contributed by atoms with Gasteiger partial charge in [0.25, 0.3) is 0 Å². The van der Waals surface area contributed by atoms with E-state index in [1.165, 1.54) is 36.1 Å². The molecule has 2 atom stereocenters. The van der Waals surface area contributed by atoms with Gasteiger partial charge < -0.3 is 0 Å². The van der Waals surface area contributed by atoms with Gasteiger partial charge in [-0.15, -0.1) is 11.3 Å². The molecule has 0 saturated heterocycles. The van der Waals surface area contributed by atoms with Crippen molar-refractivity contribution in [1.29, 1.82) is 0 Å². The minimum Gasteiger partial charge on any atom is -0.299 e. The number of ketones is 1. The van der Waals surface area contributed by atoms with Crippen LogP contribution in [0.1, 0.15) is 62.3 Å². The summed E-state index contributed by atoms with van der Waals surface area (Å²) in [5, 5.41) is 2.16. The first-order valence-corrected chi connectivity index (χ1v) is 8.07. The number of hydrogen-bond acceptors (Lipinski definition) is 2. The van der Waals surface area contributed by atoms with Crippen LogP contribution in [0.15, 0.2) is 11.4 Å². The minimum absolute atomic E-state index is 0.211. The van der Waals surface area contributed by atoms with Crippen LogP contribution in [-0.4, -0.2) is 5.78 Å². The first-order valence-electron chi connectivity index (χ1n) is 7.19. The van der Waals surface area contributed by atoms with Crippen molar-refractivity contribution in [3.05, 3.63) is 21.9 Å².